The summed E-state index contributed by atoms with van der Waals surface area (Å²) in [4.78, 5) is 2.61. The first-order chi connectivity index (χ1) is 8.72. The first-order valence-electron chi connectivity index (χ1n) is 7.25. The summed E-state index contributed by atoms with van der Waals surface area (Å²) < 4.78 is 0. The number of nitrogens with one attached hydrogen (secondary N) is 1. The van der Waals surface area contributed by atoms with E-state index in [9.17, 15) is 0 Å². The summed E-state index contributed by atoms with van der Waals surface area (Å²) >= 11 is 0. The topological polar surface area (TPSA) is 15.3 Å². The van der Waals surface area contributed by atoms with Crippen LogP contribution in [0, 0.1) is 6.92 Å². The molecule has 2 atom stereocenters. The lowest BCUT2D eigenvalue weighted by Crippen LogP contribution is -2.34. The Bertz CT molecular complexity index is 375. The van der Waals surface area contributed by atoms with Gasteiger partial charge >= 0.3 is 0 Å². The molecule has 1 aromatic carbocycles. The van der Waals surface area contributed by atoms with Crippen molar-refractivity contribution >= 4 is 0 Å². The normalized spacial score (nSPS) is 22.3. The quantitative estimate of drug-likeness (QED) is 0.858. The summed E-state index contributed by atoms with van der Waals surface area (Å²) in [6, 6.07) is 10.0. The minimum absolute atomic E-state index is 0.541. The van der Waals surface area contributed by atoms with Crippen LogP contribution in [0.1, 0.15) is 43.9 Å². The third-order valence-electron chi connectivity index (χ3n) is 4.09. The maximum Gasteiger partial charge on any atom is 0.0323 e. The van der Waals surface area contributed by atoms with E-state index < -0.39 is 0 Å². The average Bonchev–Trinajstić information content (AvgIpc) is 2.85. The zero-order valence-corrected chi connectivity index (χ0v) is 11.9. The van der Waals surface area contributed by atoms with Crippen LogP contribution in [0.25, 0.3) is 0 Å². The molecule has 0 saturated carbocycles. The van der Waals surface area contributed by atoms with Gasteiger partial charge < -0.3 is 5.32 Å². The van der Waals surface area contributed by atoms with Crippen LogP contribution >= 0.6 is 0 Å². The molecule has 2 heteroatoms. The van der Waals surface area contributed by atoms with Gasteiger partial charge in [0.05, 0.1) is 0 Å². The van der Waals surface area contributed by atoms with Gasteiger partial charge in [0.25, 0.3) is 0 Å². The van der Waals surface area contributed by atoms with Gasteiger partial charge in [0.2, 0.25) is 0 Å². The van der Waals surface area contributed by atoms with Crippen molar-refractivity contribution in [1.29, 1.82) is 0 Å². The summed E-state index contributed by atoms with van der Waals surface area (Å²) in [7, 11) is 0. The molecule has 1 N–H and O–H groups in total. The highest BCUT2D eigenvalue weighted by Gasteiger charge is 2.26. The van der Waals surface area contributed by atoms with E-state index in [1.165, 1.54) is 37.1 Å². The molecule has 1 aliphatic heterocycles. The van der Waals surface area contributed by atoms with Crippen molar-refractivity contribution in [3.8, 4) is 0 Å². The third kappa shape index (κ3) is 3.12. The van der Waals surface area contributed by atoms with Crippen molar-refractivity contribution in [2.45, 2.75) is 45.7 Å². The van der Waals surface area contributed by atoms with E-state index in [-0.39, 0.29) is 0 Å². The predicted molar refractivity (Wildman–Crippen MR) is 77.9 cm³/mol. The van der Waals surface area contributed by atoms with E-state index >= 15 is 0 Å². The van der Waals surface area contributed by atoms with Crippen LogP contribution in [0.15, 0.2) is 24.3 Å². The van der Waals surface area contributed by atoms with Gasteiger partial charge in [-0.1, -0.05) is 31.2 Å². The molecule has 0 aromatic heterocycles. The molecule has 2 rings (SSSR count). The number of benzene rings is 1. The van der Waals surface area contributed by atoms with E-state index in [0.717, 1.165) is 6.54 Å². The van der Waals surface area contributed by atoms with Gasteiger partial charge in [0.15, 0.2) is 0 Å². The number of hydrogen-bond acceptors (Lipinski definition) is 2. The number of nitrogens with zero attached hydrogens (tertiary/aromatic N) is 1. The molecule has 1 aromatic rings. The zero-order valence-electron chi connectivity index (χ0n) is 11.9. The molecule has 1 heterocycles. The summed E-state index contributed by atoms with van der Waals surface area (Å²) in [5.74, 6) is 0. The number of aryl methyl sites for hydroxylation is 1. The van der Waals surface area contributed by atoms with E-state index in [0.29, 0.717) is 12.1 Å². The van der Waals surface area contributed by atoms with Gasteiger partial charge in [-0.2, -0.15) is 0 Å². The monoisotopic (exact) mass is 246 g/mol. The molecule has 2 unspecified atom stereocenters. The number of rotatable bonds is 5. The van der Waals surface area contributed by atoms with E-state index in [2.05, 4.69) is 55.3 Å². The summed E-state index contributed by atoms with van der Waals surface area (Å²) in [6.07, 6.45) is 2.51. The first-order valence-corrected chi connectivity index (χ1v) is 7.25. The van der Waals surface area contributed by atoms with Crippen molar-refractivity contribution in [1.82, 2.24) is 10.2 Å². The van der Waals surface area contributed by atoms with Gasteiger partial charge in [0.1, 0.15) is 0 Å². The molecule has 0 amide bonds. The van der Waals surface area contributed by atoms with Gasteiger partial charge in [-0.3, -0.25) is 4.90 Å². The maximum atomic E-state index is 3.64. The van der Waals surface area contributed by atoms with Gasteiger partial charge in [-0.05, 0) is 44.4 Å². The fraction of sp³-hybridized carbons (Fsp3) is 0.625. The van der Waals surface area contributed by atoms with Crippen LogP contribution in [0.2, 0.25) is 0 Å². The highest BCUT2D eigenvalue weighted by atomic mass is 15.2. The number of hydrogen-bond donors (Lipinski definition) is 1. The second-order valence-electron chi connectivity index (χ2n) is 5.47. The molecule has 1 saturated heterocycles. The SMILES string of the molecule is CCCNC1CCN(C(C)c2ccccc2C)C1. The fourth-order valence-corrected chi connectivity index (χ4v) is 2.91. The Labute approximate surface area is 111 Å². The summed E-state index contributed by atoms with van der Waals surface area (Å²) in [6.45, 7) is 10.3. The Morgan fingerprint density at radius 2 is 2.17 bits per heavy atom. The van der Waals surface area contributed by atoms with Crippen molar-refractivity contribution < 1.29 is 0 Å². The Hall–Kier alpha value is -0.860. The molecular weight excluding hydrogens is 220 g/mol. The van der Waals surface area contributed by atoms with Gasteiger partial charge in [-0.15, -0.1) is 0 Å². The Balaban J connectivity index is 1.95. The zero-order chi connectivity index (χ0) is 13.0. The Morgan fingerprint density at radius 3 is 2.89 bits per heavy atom. The molecule has 1 aliphatic rings. The molecule has 0 aliphatic carbocycles. The van der Waals surface area contributed by atoms with Crippen LogP contribution < -0.4 is 5.32 Å². The van der Waals surface area contributed by atoms with Crippen molar-refractivity contribution in [3.05, 3.63) is 35.4 Å². The van der Waals surface area contributed by atoms with Crippen LogP contribution in [-0.2, 0) is 0 Å². The van der Waals surface area contributed by atoms with Gasteiger partial charge in [0, 0.05) is 25.2 Å². The van der Waals surface area contributed by atoms with Crippen LogP contribution in [-0.4, -0.2) is 30.6 Å². The minimum Gasteiger partial charge on any atom is -0.313 e. The minimum atomic E-state index is 0.541. The summed E-state index contributed by atoms with van der Waals surface area (Å²) in [5, 5.41) is 3.64. The van der Waals surface area contributed by atoms with Crippen LogP contribution in [0.3, 0.4) is 0 Å². The highest BCUT2D eigenvalue weighted by Crippen LogP contribution is 2.26. The van der Waals surface area contributed by atoms with Crippen molar-refractivity contribution in [3.63, 3.8) is 0 Å². The largest absolute Gasteiger partial charge is 0.313 e. The molecule has 2 nitrogen and oxygen atoms in total. The molecular formula is C16H26N2. The first kappa shape index (κ1) is 13.6. The fourth-order valence-electron chi connectivity index (χ4n) is 2.91. The van der Waals surface area contributed by atoms with E-state index in [1.807, 2.05) is 0 Å². The highest BCUT2D eigenvalue weighted by molar-refractivity contribution is 5.28. The Kier molecular flexibility index (Phi) is 4.79. The molecule has 100 valence electrons. The smallest absolute Gasteiger partial charge is 0.0323 e. The van der Waals surface area contributed by atoms with Gasteiger partial charge in [-0.25, -0.2) is 0 Å². The number of likely N-dealkylation sites (tertiary alicyclic amines) is 1. The average molecular weight is 246 g/mol. The second-order valence-corrected chi connectivity index (χ2v) is 5.47. The molecule has 0 bridgehead atoms. The van der Waals surface area contributed by atoms with Crippen LogP contribution in [0.4, 0.5) is 0 Å². The molecule has 1 fully saturated rings. The molecule has 18 heavy (non-hydrogen) atoms. The van der Waals surface area contributed by atoms with Crippen molar-refractivity contribution in [2.24, 2.45) is 0 Å². The summed E-state index contributed by atoms with van der Waals surface area (Å²) in [5.41, 5.74) is 2.89. The van der Waals surface area contributed by atoms with Crippen molar-refractivity contribution in [2.75, 3.05) is 19.6 Å². The predicted octanol–water partition coefficient (Wildman–Crippen LogP) is 3.13. The van der Waals surface area contributed by atoms with E-state index in [4.69, 9.17) is 0 Å². The van der Waals surface area contributed by atoms with Crippen LogP contribution in [0.5, 0.6) is 0 Å². The Morgan fingerprint density at radius 1 is 1.39 bits per heavy atom. The second kappa shape index (κ2) is 6.35. The lowest BCUT2D eigenvalue weighted by atomic mass is 10.0. The maximum absolute atomic E-state index is 3.64. The lowest BCUT2D eigenvalue weighted by molar-refractivity contribution is 0.255. The molecule has 0 radical (unpaired) electrons. The third-order valence-corrected chi connectivity index (χ3v) is 4.09. The lowest BCUT2D eigenvalue weighted by Gasteiger charge is -2.26. The standard InChI is InChI=1S/C16H26N2/c1-4-10-17-15-9-11-18(12-15)14(3)16-8-6-5-7-13(16)2/h5-8,14-15,17H,4,9-12H2,1-3H3. The van der Waals surface area contributed by atoms with E-state index in [1.54, 1.807) is 0 Å². The molecule has 0 spiro atoms.